The molecule has 0 saturated heterocycles. The molecule has 5 rings (SSSR count). The number of anilines is 1. The third-order valence-corrected chi connectivity index (χ3v) is 6.40. The van der Waals surface area contributed by atoms with Gasteiger partial charge >= 0.3 is 0 Å². The number of ether oxygens (including phenoxy) is 1. The van der Waals surface area contributed by atoms with Crippen LogP contribution < -0.4 is 15.0 Å². The third-order valence-electron chi connectivity index (χ3n) is 6.17. The molecule has 0 bridgehead atoms. The van der Waals surface area contributed by atoms with Gasteiger partial charge in [0, 0.05) is 29.6 Å². The first-order valence-corrected chi connectivity index (χ1v) is 10.8. The van der Waals surface area contributed by atoms with Crippen LogP contribution in [-0.4, -0.2) is 41.5 Å². The molecule has 2 aliphatic rings. The lowest BCUT2D eigenvalue weighted by molar-refractivity contribution is -0.120. The molecular weight excluding hydrogens is 416 g/mol. The summed E-state index contributed by atoms with van der Waals surface area (Å²) in [5.74, 6) is 1.54. The average molecular weight is 439 g/mol. The zero-order chi connectivity index (χ0) is 21.5. The largest absolute Gasteiger partial charge is 0.482 e. The van der Waals surface area contributed by atoms with Crippen LogP contribution in [0, 0.1) is 0 Å². The van der Waals surface area contributed by atoms with E-state index < -0.39 is 0 Å². The van der Waals surface area contributed by atoms with Crippen LogP contribution in [0.5, 0.6) is 5.75 Å². The standard InChI is InChI=1S/C23H23ClN4O3/c1-28-19-10-14(5-8-20(19)31-12-21(28)29)23(30)25-16-4-2-3-13(9-16)22-26-17-7-6-15(24)11-18(17)27-22/h5-8,10-11,13,16H,2-4,9,12H2,1H3,(H,25,30)(H,26,27). The minimum Gasteiger partial charge on any atom is -0.482 e. The van der Waals surface area contributed by atoms with Crippen molar-refractivity contribution in [2.75, 3.05) is 18.6 Å². The maximum Gasteiger partial charge on any atom is 0.264 e. The highest BCUT2D eigenvalue weighted by Gasteiger charge is 2.28. The monoisotopic (exact) mass is 438 g/mol. The van der Waals surface area contributed by atoms with Crippen molar-refractivity contribution in [3.05, 3.63) is 52.8 Å². The number of aromatic amines is 1. The summed E-state index contributed by atoms with van der Waals surface area (Å²) >= 11 is 6.09. The molecule has 2 aromatic carbocycles. The van der Waals surface area contributed by atoms with Gasteiger partial charge in [0.25, 0.3) is 11.8 Å². The van der Waals surface area contributed by atoms with Crippen molar-refractivity contribution < 1.29 is 14.3 Å². The number of rotatable bonds is 3. The van der Waals surface area contributed by atoms with Crippen LogP contribution in [0.4, 0.5) is 5.69 Å². The molecule has 160 valence electrons. The summed E-state index contributed by atoms with van der Waals surface area (Å²) in [5, 5.41) is 3.84. The average Bonchev–Trinajstić information content (AvgIpc) is 3.19. The number of imidazole rings is 1. The number of aromatic nitrogens is 2. The van der Waals surface area contributed by atoms with E-state index in [-0.39, 0.29) is 30.4 Å². The molecule has 2 amide bonds. The van der Waals surface area contributed by atoms with Crippen LogP contribution in [0.15, 0.2) is 36.4 Å². The Morgan fingerprint density at radius 3 is 3.00 bits per heavy atom. The molecule has 0 spiro atoms. The number of nitrogens with zero attached hydrogens (tertiary/aromatic N) is 2. The van der Waals surface area contributed by atoms with Crippen molar-refractivity contribution >= 4 is 40.1 Å². The highest BCUT2D eigenvalue weighted by molar-refractivity contribution is 6.31. The van der Waals surface area contributed by atoms with Gasteiger partial charge in [-0.1, -0.05) is 18.0 Å². The number of nitrogens with one attached hydrogen (secondary N) is 2. The first-order chi connectivity index (χ1) is 15.0. The van der Waals surface area contributed by atoms with Crippen molar-refractivity contribution in [1.29, 1.82) is 0 Å². The van der Waals surface area contributed by atoms with Gasteiger partial charge in [-0.25, -0.2) is 4.98 Å². The molecule has 3 aromatic rings. The number of carbonyl (C=O) groups excluding carboxylic acids is 2. The Morgan fingerprint density at radius 1 is 1.26 bits per heavy atom. The van der Waals surface area contributed by atoms with Crippen LogP contribution in [-0.2, 0) is 4.79 Å². The number of likely N-dealkylation sites (N-methyl/N-ethyl adjacent to an activating group) is 1. The van der Waals surface area contributed by atoms with E-state index in [9.17, 15) is 9.59 Å². The highest BCUT2D eigenvalue weighted by atomic mass is 35.5. The van der Waals surface area contributed by atoms with E-state index in [1.54, 1.807) is 25.2 Å². The number of halogens is 1. The lowest BCUT2D eigenvalue weighted by Crippen LogP contribution is -2.39. The summed E-state index contributed by atoms with van der Waals surface area (Å²) in [6.45, 7) is 0.0203. The SMILES string of the molecule is CN1C(=O)COc2ccc(C(=O)NC3CCCC(c4nc5ccc(Cl)cc5[nH]4)C3)cc21. The van der Waals surface area contributed by atoms with Gasteiger partial charge in [-0.2, -0.15) is 0 Å². The fraction of sp³-hybridized carbons (Fsp3) is 0.348. The fourth-order valence-electron chi connectivity index (χ4n) is 4.45. The molecule has 2 unspecified atom stereocenters. The topological polar surface area (TPSA) is 87.3 Å². The van der Waals surface area contributed by atoms with Crippen LogP contribution >= 0.6 is 11.6 Å². The molecule has 1 fully saturated rings. The van der Waals surface area contributed by atoms with E-state index in [4.69, 9.17) is 21.3 Å². The van der Waals surface area contributed by atoms with Gasteiger partial charge in [-0.15, -0.1) is 0 Å². The van der Waals surface area contributed by atoms with E-state index in [0.29, 0.717) is 22.0 Å². The molecule has 2 heterocycles. The van der Waals surface area contributed by atoms with E-state index in [2.05, 4.69) is 10.3 Å². The quantitative estimate of drug-likeness (QED) is 0.646. The van der Waals surface area contributed by atoms with E-state index in [0.717, 1.165) is 42.5 Å². The first kappa shape index (κ1) is 19.9. The Labute approximate surface area is 184 Å². The van der Waals surface area contributed by atoms with Crippen molar-refractivity contribution in [3.63, 3.8) is 0 Å². The maximum atomic E-state index is 12.9. The van der Waals surface area contributed by atoms with Crippen LogP contribution in [0.2, 0.25) is 5.02 Å². The molecule has 2 N–H and O–H groups in total. The Balaban J connectivity index is 1.30. The summed E-state index contributed by atoms with van der Waals surface area (Å²) in [6.07, 6.45) is 3.80. The summed E-state index contributed by atoms with van der Waals surface area (Å²) in [5.41, 5.74) is 2.97. The Kier molecular flexibility index (Phi) is 5.06. The van der Waals surface area contributed by atoms with Crippen LogP contribution in [0.3, 0.4) is 0 Å². The van der Waals surface area contributed by atoms with Crippen molar-refractivity contribution in [2.24, 2.45) is 0 Å². The predicted molar refractivity (Wildman–Crippen MR) is 119 cm³/mol. The minimum absolute atomic E-state index is 0.0203. The van der Waals surface area contributed by atoms with E-state index in [1.165, 1.54) is 4.90 Å². The Morgan fingerprint density at radius 2 is 2.13 bits per heavy atom. The number of H-pyrrole nitrogens is 1. The summed E-state index contributed by atoms with van der Waals surface area (Å²) in [6, 6.07) is 10.9. The lowest BCUT2D eigenvalue weighted by Gasteiger charge is -2.29. The van der Waals surface area contributed by atoms with Gasteiger partial charge in [-0.3, -0.25) is 9.59 Å². The number of amides is 2. The zero-order valence-electron chi connectivity index (χ0n) is 17.2. The van der Waals surface area contributed by atoms with Gasteiger partial charge in [0.05, 0.1) is 16.7 Å². The van der Waals surface area contributed by atoms with Crippen LogP contribution in [0.25, 0.3) is 11.0 Å². The Bertz CT molecular complexity index is 1170. The van der Waals surface area contributed by atoms with Gasteiger partial charge in [0.2, 0.25) is 0 Å². The smallest absolute Gasteiger partial charge is 0.264 e. The molecule has 7 nitrogen and oxygen atoms in total. The third kappa shape index (κ3) is 3.85. The van der Waals surface area contributed by atoms with Gasteiger partial charge < -0.3 is 19.9 Å². The van der Waals surface area contributed by atoms with Crippen molar-refractivity contribution in [3.8, 4) is 5.75 Å². The summed E-state index contributed by atoms with van der Waals surface area (Å²) in [4.78, 5) is 34.5. The number of benzene rings is 2. The maximum absolute atomic E-state index is 12.9. The lowest BCUT2D eigenvalue weighted by atomic mass is 9.85. The second kappa shape index (κ2) is 7.89. The molecule has 2 atom stereocenters. The molecule has 1 aliphatic carbocycles. The van der Waals surface area contributed by atoms with E-state index >= 15 is 0 Å². The van der Waals surface area contributed by atoms with Crippen LogP contribution in [0.1, 0.15) is 47.8 Å². The molecule has 8 heteroatoms. The number of fused-ring (bicyclic) bond motifs is 2. The molecule has 1 aromatic heterocycles. The van der Waals surface area contributed by atoms with Gasteiger partial charge in [0.15, 0.2) is 6.61 Å². The normalized spacial score (nSPS) is 21.0. The molecular formula is C23H23ClN4O3. The number of hydrogen-bond donors (Lipinski definition) is 2. The second-order valence-electron chi connectivity index (χ2n) is 8.24. The molecule has 1 saturated carbocycles. The summed E-state index contributed by atoms with van der Waals surface area (Å²) in [7, 11) is 1.69. The van der Waals surface area contributed by atoms with Gasteiger partial charge in [-0.05, 0) is 55.7 Å². The molecule has 0 radical (unpaired) electrons. The highest BCUT2D eigenvalue weighted by Crippen LogP contribution is 2.34. The predicted octanol–water partition coefficient (Wildman–Crippen LogP) is 4.03. The molecule has 1 aliphatic heterocycles. The fourth-order valence-corrected chi connectivity index (χ4v) is 4.62. The zero-order valence-corrected chi connectivity index (χ0v) is 17.9. The second-order valence-corrected chi connectivity index (χ2v) is 8.68. The summed E-state index contributed by atoms with van der Waals surface area (Å²) < 4.78 is 5.44. The minimum atomic E-state index is -0.142. The van der Waals surface area contributed by atoms with Crippen molar-refractivity contribution in [1.82, 2.24) is 15.3 Å². The first-order valence-electron chi connectivity index (χ1n) is 10.5. The van der Waals surface area contributed by atoms with Gasteiger partial charge in [0.1, 0.15) is 11.6 Å². The van der Waals surface area contributed by atoms with Crippen molar-refractivity contribution in [2.45, 2.75) is 37.6 Å². The van der Waals surface area contributed by atoms with E-state index in [1.807, 2.05) is 18.2 Å². The number of hydrogen-bond acceptors (Lipinski definition) is 4. The Hall–Kier alpha value is -3.06. The number of carbonyl (C=O) groups is 2. The molecule has 31 heavy (non-hydrogen) atoms.